The van der Waals surface area contributed by atoms with Crippen molar-refractivity contribution in [1.82, 2.24) is 0 Å². The van der Waals surface area contributed by atoms with Crippen LogP contribution >= 0.6 is 0 Å². The van der Waals surface area contributed by atoms with Gasteiger partial charge in [-0.3, -0.25) is 4.79 Å². The van der Waals surface area contributed by atoms with Gasteiger partial charge in [0.2, 0.25) is 0 Å². The third kappa shape index (κ3) is 2.17. The van der Waals surface area contributed by atoms with Crippen molar-refractivity contribution in [2.75, 3.05) is 13.2 Å². The van der Waals surface area contributed by atoms with E-state index in [0.29, 0.717) is 13.0 Å². The molecule has 0 amide bonds. The van der Waals surface area contributed by atoms with E-state index in [0.717, 1.165) is 0 Å². The maximum absolute atomic E-state index is 10.5. The summed E-state index contributed by atoms with van der Waals surface area (Å²) < 4.78 is 9.98. The van der Waals surface area contributed by atoms with E-state index in [-0.39, 0.29) is 24.8 Å². The molecule has 0 aromatic rings. The summed E-state index contributed by atoms with van der Waals surface area (Å²) in [6.07, 6.45) is 0.113. The third-order valence-electron chi connectivity index (χ3n) is 1.65. The van der Waals surface area contributed by atoms with Gasteiger partial charge < -0.3 is 14.6 Å². The van der Waals surface area contributed by atoms with Crippen molar-refractivity contribution in [2.24, 2.45) is 0 Å². The summed E-state index contributed by atoms with van der Waals surface area (Å²) in [4.78, 5) is 10.5. The maximum atomic E-state index is 10.5. The molecule has 0 aliphatic carbocycles. The lowest BCUT2D eigenvalue weighted by Gasteiger charge is -2.15. The Balaban J connectivity index is 2.37. The fourth-order valence-corrected chi connectivity index (χ4v) is 1.15. The predicted molar refractivity (Wildman–Crippen MR) is 37.0 cm³/mol. The molecular weight excluding hydrogens is 148 g/mol. The largest absolute Gasteiger partial charge is 0.460 e. The predicted octanol–water partition coefficient (Wildman–Crippen LogP) is -0.301. The van der Waals surface area contributed by atoms with Crippen LogP contribution in [0.5, 0.6) is 0 Å². The van der Waals surface area contributed by atoms with Crippen LogP contribution in [0.2, 0.25) is 0 Å². The molecule has 1 fully saturated rings. The Bertz CT molecular complexity index is 145. The molecule has 1 heterocycles. The summed E-state index contributed by atoms with van der Waals surface area (Å²) in [5.74, 6) is -0.320. The van der Waals surface area contributed by atoms with E-state index in [4.69, 9.17) is 14.6 Å². The molecule has 1 aliphatic heterocycles. The second-order valence-electron chi connectivity index (χ2n) is 2.53. The molecule has 0 bridgehead atoms. The molecule has 1 saturated heterocycles. The number of rotatable bonds is 2. The Morgan fingerprint density at radius 3 is 3.09 bits per heavy atom. The Hall–Kier alpha value is -0.610. The number of carbonyl (C=O) groups is 1. The quantitative estimate of drug-likeness (QED) is 0.563. The van der Waals surface area contributed by atoms with Crippen molar-refractivity contribution < 1.29 is 19.4 Å². The monoisotopic (exact) mass is 160 g/mol. The first kappa shape index (κ1) is 8.49. The van der Waals surface area contributed by atoms with Gasteiger partial charge in [-0.1, -0.05) is 0 Å². The fourth-order valence-electron chi connectivity index (χ4n) is 1.15. The minimum atomic E-state index is -0.320. The van der Waals surface area contributed by atoms with Crippen molar-refractivity contribution >= 4 is 5.97 Å². The summed E-state index contributed by atoms with van der Waals surface area (Å²) >= 11 is 0. The van der Waals surface area contributed by atoms with Crippen LogP contribution in [0.25, 0.3) is 0 Å². The highest BCUT2D eigenvalue weighted by atomic mass is 16.6. The lowest BCUT2D eigenvalue weighted by molar-refractivity contribution is -0.149. The van der Waals surface area contributed by atoms with Crippen molar-refractivity contribution in [3.63, 3.8) is 0 Å². The SMILES string of the molecule is CC(=O)O[C@H]1CCO[C@@H]1CO. The normalized spacial score (nSPS) is 30.4. The highest BCUT2D eigenvalue weighted by molar-refractivity contribution is 5.66. The zero-order valence-electron chi connectivity index (χ0n) is 6.45. The van der Waals surface area contributed by atoms with Gasteiger partial charge in [0.05, 0.1) is 13.2 Å². The highest BCUT2D eigenvalue weighted by Gasteiger charge is 2.29. The van der Waals surface area contributed by atoms with Gasteiger partial charge in [0, 0.05) is 13.3 Å². The number of carbonyl (C=O) groups excluding carboxylic acids is 1. The molecule has 4 heteroatoms. The second kappa shape index (κ2) is 3.69. The lowest BCUT2D eigenvalue weighted by atomic mass is 10.2. The van der Waals surface area contributed by atoms with E-state index in [1.807, 2.05) is 0 Å². The Morgan fingerprint density at radius 2 is 2.55 bits per heavy atom. The Kier molecular flexibility index (Phi) is 2.84. The fraction of sp³-hybridized carbons (Fsp3) is 0.857. The summed E-state index contributed by atoms with van der Waals surface area (Å²) in [5, 5.41) is 8.73. The molecule has 11 heavy (non-hydrogen) atoms. The van der Waals surface area contributed by atoms with E-state index in [1.165, 1.54) is 6.92 Å². The summed E-state index contributed by atoms with van der Waals surface area (Å²) in [6, 6.07) is 0. The Morgan fingerprint density at radius 1 is 1.82 bits per heavy atom. The van der Waals surface area contributed by atoms with Crippen LogP contribution in [0.15, 0.2) is 0 Å². The number of esters is 1. The van der Waals surface area contributed by atoms with Crippen LogP contribution < -0.4 is 0 Å². The zero-order valence-corrected chi connectivity index (χ0v) is 6.45. The minimum Gasteiger partial charge on any atom is -0.460 e. The van der Waals surface area contributed by atoms with Gasteiger partial charge in [0.1, 0.15) is 12.2 Å². The molecular formula is C7H12O4. The summed E-state index contributed by atoms with van der Waals surface area (Å²) in [7, 11) is 0. The van der Waals surface area contributed by atoms with Crippen LogP contribution in [0.4, 0.5) is 0 Å². The van der Waals surface area contributed by atoms with Crippen LogP contribution in [0.3, 0.4) is 0 Å². The molecule has 0 spiro atoms. The number of aliphatic hydroxyl groups is 1. The number of ether oxygens (including phenoxy) is 2. The topological polar surface area (TPSA) is 55.8 Å². The third-order valence-corrected chi connectivity index (χ3v) is 1.65. The van der Waals surface area contributed by atoms with Crippen molar-refractivity contribution in [3.8, 4) is 0 Å². The van der Waals surface area contributed by atoms with Gasteiger partial charge >= 0.3 is 5.97 Å². The molecule has 64 valence electrons. The zero-order chi connectivity index (χ0) is 8.27. The van der Waals surface area contributed by atoms with Gasteiger partial charge in [-0.2, -0.15) is 0 Å². The van der Waals surface area contributed by atoms with Gasteiger partial charge in [0.25, 0.3) is 0 Å². The maximum Gasteiger partial charge on any atom is 0.302 e. The standard InChI is InChI=1S/C7H12O4/c1-5(9)11-6-2-3-10-7(6)4-8/h6-8H,2-4H2,1H3/t6-,7+/m0/s1. The molecule has 0 aromatic heterocycles. The average Bonchev–Trinajstić information content (AvgIpc) is 2.34. The first-order valence-electron chi connectivity index (χ1n) is 3.63. The molecule has 4 nitrogen and oxygen atoms in total. The number of hydrogen-bond acceptors (Lipinski definition) is 4. The molecule has 0 unspecified atom stereocenters. The van der Waals surface area contributed by atoms with Crippen LogP contribution in [-0.4, -0.2) is 36.5 Å². The number of aliphatic hydroxyl groups excluding tert-OH is 1. The summed E-state index contributed by atoms with van der Waals surface area (Å²) in [5.41, 5.74) is 0. The van der Waals surface area contributed by atoms with Crippen molar-refractivity contribution in [1.29, 1.82) is 0 Å². The average molecular weight is 160 g/mol. The van der Waals surface area contributed by atoms with Crippen LogP contribution in [-0.2, 0) is 14.3 Å². The van der Waals surface area contributed by atoms with E-state index in [1.54, 1.807) is 0 Å². The molecule has 0 aromatic carbocycles. The molecule has 1 rings (SSSR count). The van der Waals surface area contributed by atoms with Crippen LogP contribution in [0.1, 0.15) is 13.3 Å². The van der Waals surface area contributed by atoms with Crippen molar-refractivity contribution in [2.45, 2.75) is 25.6 Å². The van der Waals surface area contributed by atoms with E-state index in [9.17, 15) is 4.79 Å². The van der Waals surface area contributed by atoms with Gasteiger partial charge in [-0.25, -0.2) is 0 Å². The molecule has 0 saturated carbocycles. The van der Waals surface area contributed by atoms with Gasteiger partial charge in [0.15, 0.2) is 0 Å². The van der Waals surface area contributed by atoms with Gasteiger partial charge in [-0.15, -0.1) is 0 Å². The van der Waals surface area contributed by atoms with E-state index < -0.39 is 0 Å². The molecule has 1 aliphatic rings. The Labute approximate surface area is 65.1 Å². The van der Waals surface area contributed by atoms with Gasteiger partial charge in [-0.05, 0) is 0 Å². The molecule has 0 radical (unpaired) electrons. The van der Waals surface area contributed by atoms with E-state index in [2.05, 4.69) is 0 Å². The molecule has 2 atom stereocenters. The number of hydrogen-bond donors (Lipinski definition) is 1. The highest BCUT2D eigenvalue weighted by Crippen LogP contribution is 2.16. The lowest BCUT2D eigenvalue weighted by Crippen LogP contribution is -2.29. The first-order valence-corrected chi connectivity index (χ1v) is 3.63. The van der Waals surface area contributed by atoms with Crippen molar-refractivity contribution in [3.05, 3.63) is 0 Å². The molecule has 1 N–H and O–H groups in total. The first-order chi connectivity index (χ1) is 5.24. The second-order valence-corrected chi connectivity index (χ2v) is 2.53. The van der Waals surface area contributed by atoms with Crippen LogP contribution in [0, 0.1) is 0 Å². The smallest absolute Gasteiger partial charge is 0.302 e. The van der Waals surface area contributed by atoms with E-state index >= 15 is 0 Å². The summed E-state index contributed by atoms with van der Waals surface area (Å²) in [6.45, 7) is 1.83. The minimum absolute atomic E-state index is 0.0854.